The summed E-state index contributed by atoms with van der Waals surface area (Å²) in [5.41, 5.74) is 16.0. The highest BCUT2D eigenvalue weighted by molar-refractivity contribution is 7.12. The Labute approximate surface area is 153 Å². The summed E-state index contributed by atoms with van der Waals surface area (Å²) in [6, 6.07) is 10.5. The van der Waals surface area contributed by atoms with E-state index in [0.29, 0.717) is 17.8 Å². The van der Waals surface area contributed by atoms with Crippen molar-refractivity contribution in [2.24, 2.45) is 16.6 Å². The number of hydrogen-bond donors (Lipinski definition) is 3. The number of nitrogen functional groups attached to an aromatic ring is 1. The minimum Gasteiger partial charge on any atom is -0.398 e. The lowest BCUT2D eigenvalue weighted by Gasteiger charge is -2.30. The van der Waals surface area contributed by atoms with Gasteiger partial charge in [0.25, 0.3) is 0 Å². The molecule has 132 valence electrons. The molecule has 0 aliphatic heterocycles. The quantitative estimate of drug-likeness (QED) is 0.429. The van der Waals surface area contributed by atoms with E-state index in [2.05, 4.69) is 16.9 Å². The Balaban J connectivity index is 1.74. The molecule has 0 spiro atoms. The molecule has 0 atom stereocenters. The average Bonchev–Trinajstić information content (AvgIpc) is 3.16. The zero-order valence-electron chi connectivity index (χ0n) is 14.7. The number of rotatable bonds is 5. The maximum atomic E-state index is 6.30. The first-order valence-corrected chi connectivity index (χ1v) is 9.60. The van der Waals surface area contributed by atoms with Gasteiger partial charge in [-0.05, 0) is 67.8 Å². The number of benzene rings is 1. The lowest BCUT2D eigenvalue weighted by molar-refractivity contribution is 0.349. The second-order valence-electron chi connectivity index (χ2n) is 6.61. The van der Waals surface area contributed by atoms with E-state index in [1.807, 2.05) is 42.8 Å². The smallest absolute Gasteiger partial charge is 0.141 e. The highest BCUT2D eigenvalue weighted by Gasteiger charge is 2.23. The normalized spacial score (nSPS) is 21.2. The minimum atomic E-state index is 0.512. The molecule has 0 unspecified atom stereocenters. The molecule has 1 fully saturated rings. The third kappa shape index (κ3) is 4.11. The lowest BCUT2D eigenvalue weighted by Crippen LogP contribution is -2.30. The number of hydrogen-bond acceptors (Lipinski definition) is 4. The van der Waals surface area contributed by atoms with Gasteiger partial charge in [-0.3, -0.25) is 0 Å². The second-order valence-corrected chi connectivity index (χ2v) is 7.56. The van der Waals surface area contributed by atoms with Gasteiger partial charge in [0.1, 0.15) is 5.84 Å². The standard InChI is InChI=1S/C20H26N4S/c1-13(14-5-7-15(23-2)8-6-14)17-10-9-16(12-18(17)21)24-20(22)19-4-3-11-25-19/h3-4,9-12,14-15,23H,1,5-8,21H2,2H3,(H2,22,24). The summed E-state index contributed by atoms with van der Waals surface area (Å²) in [5.74, 6) is 1.03. The fraction of sp³-hybridized carbons (Fsp3) is 0.350. The summed E-state index contributed by atoms with van der Waals surface area (Å²) in [4.78, 5) is 5.45. The zero-order chi connectivity index (χ0) is 17.8. The summed E-state index contributed by atoms with van der Waals surface area (Å²) in [5, 5.41) is 5.36. The molecule has 1 aliphatic carbocycles. The molecule has 4 nitrogen and oxygen atoms in total. The third-order valence-electron chi connectivity index (χ3n) is 5.03. The van der Waals surface area contributed by atoms with Crippen molar-refractivity contribution in [2.45, 2.75) is 31.7 Å². The zero-order valence-corrected chi connectivity index (χ0v) is 15.5. The van der Waals surface area contributed by atoms with Gasteiger partial charge in [-0.2, -0.15) is 0 Å². The van der Waals surface area contributed by atoms with Crippen LogP contribution < -0.4 is 16.8 Å². The van der Waals surface area contributed by atoms with Crippen molar-refractivity contribution in [1.82, 2.24) is 5.32 Å². The van der Waals surface area contributed by atoms with E-state index in [-0.39, 0.29) is 0 Å². The van der Waals surface area contributed by atoms with Crippen LogP contribution in [0.15, 0.2) is 47.3 Å². The van der Waals surface area contributed by atoms with Crippen LogP contribution in [0.3, 0.4) is 0 Å². The minimum absolute atomic E-state index is 0.512. The molecule has 2 aromatic rings. The molecule has 25 heavy (non-hydrogen) atoms. The first-order valence-electron chi connectivity index (χ1n) is 8.72. The van der Waals surface area contributed by atoms with E-state index < -0.39 is 0 Å². The van der Waals surface area contributed by atoms with Crippen LogP contribution in [0.2, 0.25) is 0 Å². The predicted molar refractivity (Wildman–Crippen MR) is 109 cm³/mol. The Morgan fingerprint density at radius 2 is 2.00 bits per heavy atom. The van der Waals surface area contributed by atoms with E-state index in [0.717, 1.165) is 40.2 Å². The molecule has 1 heterocycles. The van der Waals surface area contributed by atoms with Crippen molar-refractivity contribution in [1.29, 1.82) is 0 Å². The average molecular weight is 355 g/mol. The fourth-order valence-electron chi connectivity index (χ4n) is 3.48. The van der Waals surface area contributed by atoms with Gasteiger partial charge in [-0.15, -0.1) is 11.3 Å². The van der Waals surface area contributed by atoms with Crippen molar-refractivity contribution >= 4 is 34.1 Å². The predicted octanol–water partition coefficient (Wildman–Crippen LogP) is 4.16. The van der Waals surface area contributed by atoms with Crippen LogP contribution in [0.25, 0.3) is 5.57 Å². The van der Waals surface area contributed by atoms with Gasteiger partial charge in [0.05, 0.1) is 10.6 Å². The largest absolute Gasteiger partial charge is 0.398 e. The van der Waals surface area contributed by atoms with E-state index in [9.17, 15) is 0 Å². The van der Waals surface area contributed by atoms with E-state index in [4.69, 9.17) is 11.5 Å². The molecule has 0 radical (unpaired) electrons. The third-order valence-corrected chi connectivity index (χ3v) is 5.92. The number of anilines is 1. The molecule has 1 aromatic carbocycles. The number of allylic oxidation sites excluding steroid dienone is 1. The lowest BCUT2D eigenvalue weighted by atomic mass is 9.79. The van der Waals surface area contributed by atoms with Crippen LogP contribution in [-0.4, -0.2) is 18.9 Å². The van der Waals surface area contributed by atoms with Crippen molar-refractivity contribution in [3.05, 3.63) is 52.7 Å². The van der Waals surface area contributed by atoms with Gasteiger partial charge in [0.15, 0.2) is 0 Å². The van der Waals surface area contributed by atoms with Crippen molar-refractivity contribution in [3.8, 4) is 0 Å². The monoisotopic (exact) mass is 354 g/mol. The molecule has 3 rings (SSSR count). The second kappa shape index (κ2) is 7.85. The first kappa shape index (κ1) is 17.7. The van der Waals surface area contributed by atoms with Crippen molar-refractivity contribution in [3.63, 3.8) is 0 Å². The fourth-order valence-corrected chi connectivity index (χ4v) is 4.11. The van der Waals surface area contributed by atoms with E-state index in [1.165, 1.54) is 12.8 Å². The molecule has 1 saturated carbocycles. The Hall–Kier alpha value is -2.11. The van der Waals surface area contributed by atoms with Crippen molar-refractivity contribution < 1.29 is 0 Å². The van der Waals surface area contributed by atoms with Gasteiger partial charge in [-0.1, -0.05) is 18.7 Å². The highest BCUT2D eigenvalue weighted by atomic mass is 32.1. The molecule has 0 bridgehead atoms. The molecule has 1 aliphatic rings. The van der Waals surface area contributed by atoms with Crippen LogP contribution in [0.5, 0.6) is 0 Å². The summed E-state index contributed by atoms with van der Waals surface area (Å²) >= 11 is 1.58. The SMILES string of the molecule is C=C(c1ccc(N=C(N)c2cccs2)cc1N)C1CCC(NC)CC1. The number of nitrogens with zero attached hydrogens (tertiary/aromatic N) is 1. The number of nitrogens with two attached hydrogens (primary N) is 2. The maximum Gasteiger partial charge on any atom is 0.141 e. The van der Waals surface area contributed by atoms with Crippen LogP contribution in [0, 0.1) is 5.92 Å². The Morgan fingerprint density at radius 3 is 2.60 bits per heavy atom. The topological polar surface area (TPSA) is 76.4 Å². The molecule has 5 N–H and O–H groups in total. The Bertz CT molecular complexity index is 756. The maximum absolute atomic E-state index is 6.30. The summed E-state index contributed by atoms with van der Waals surface area (Å²) in [6.45, 7) is 4.33. The molecule has 0 saturated heterocycles. The van der Waals surface area contributed by atoms with Gasteiger partial charge >= 0.3 is 0 Å². The number of amidine groups is 1. The summed E-state index contributed by atoms with van der Waals surface area (Å²) in [6.07, 6.45) is 4.71. The molecule has 5 heteroatoms. The van der Waals surface area contributed by atoms with Crippen LogP contribution in [0.1, 0.15) is 36.1 Å². The molecule has 0 amide bonds. The van der Waals surface area contributed by atoms with Gasteiger partial charge in [-0.25, -0.2) is 4.99 Å². The summed E-state index contributed by atoms with van der Waals surface area (Å²) in [7, 11) is 2.04. The van der Waals surface area contributed by atoms with Gasteiger partial charge < -0.3 is 16.8 Å². The van der Waals surface area contributed by atoms with E-state index in [1.54, 1.807) is 11.3 Å². The number of nitrogens with one attached hydrogen (secondary N) is 1. The number of thiophene rings is 1. The first-order chi connectivity index (χ1) is 12.1. The Kier molecular flexibility index (Phi) is 5.56. The van der Waals surface area contributed by atoms with Gasteiger partial charge in [0.2, 0.25) is 0 Å². The van der Waals surface area contributed by atoms with Crippen LogP contribution >= 0.6 is 11.3 Å². The Morgan fingerprint density at radius 1 is 1.24 bits per heavy atom. The van der Waals surface area contributed by atoms with Crippen LogP contribution in [0.4, 0.5) is 11.4 Å². The molecule has 1 aromatic heterocycles. The van der Waals surface area contributed by atoms with Crippen molar-refractivity contribution in [2.75, 3.05) is 12.8 Å². The highest BCUT2D eigenvalue weighted by Crippen LogP contribution is 2.37. The van der Waals surface area contributed by atoms with Gasteiger partial charge in [0, 0.05) is 17.3 Å². The summed E-state index contributed by atoms with van der Waals surface area (Å²) < 4.78 is 0. The van der Waals surface area contributed by atoms with E-state index >= 15 is 0 Å². The number of aliphatic imine (C=N–C) groups is 1. The molecular weight excluding hydrogens is 328 g/mol. The molecular formula is C20H26N4S. The van der Waals surface area contributed by atoms with Crippen LogP contribution in [-0.2, 0) is 0 Å².